The van der Waals surface area contributed by atoms with Gasteiger partial charge in [0.1, 0.15) is 11.6 Å². The maximum Gasteiger partial charge on any atom is 0.255 e. The van der Waals surface area contributed by atoms with Gasteiger partial charge in [-0.25, -0.2) is 4.39 Å². The quantitative estimate of drug-likeness (QED) is 0.717. The summed E-state index contributed by atoms with van der Waals surface area (Å²) in [4.78, 5) is 17.8. The van der Waals surface area contributed by atoms with Gasteiger partial charge in [0.2, 0.25) is 0 Å². The number of anilines is 1. The standard InChI is InChI=1S/C21H22ClFN2O2S/c1-2-12-7-16(28)9-19(20(12)26)25-14-4-5-15(25)11-24(10-14)21(27)17-6-3-13(23)8-18(17)22/h3,6-9,14-15,26,28H,2,4-5,10-11H2,1H3. The second-order valence-corrected chi connectivity index (χ2v) is 8.38. The number of carbonyl (C=O) groups is 1. The number of thiol groups is 1. The summed E-state index contributed by atoms with van der Waals surface area (Å²) in [5.74, 6) is -0.332. The van der Waals surface area contributed by atoms with Gasteiger partial charge in [-0.1, -0.05) is 18.5 Å². The Balaban J connectivity index is 1.60. The molecule has 2 aliphatic heterocycles. The van der Waals surface area contributed by atoms with E-state index in [1.165, 1.54) is 18.2 Å². The summed E-state index contributed by atoms with van der Waals surface area (Å²) in [5.41, 5.74) is 1.99. The number of aromatic hydroxyl groups is 1. The predicted octanol–water partition coefficient (Wildman–Crippen LogP) is 4.53. The summed E-state index contributed by atoms with van der Waals surface area (Å²) in [6.45, 7) is 3.09. The first kappa shape index (κ1) is 19.4. The maximum atomic E-state index is 13.3. The van der Waals surface area contributed by atoms with Gasteiger partial charge < -0.3 is 14.9 Å². The number of likely N-dealkylation sites (tertiary alicyclic amines) is 1. The van der Waals surface area contributed by atoms with Crippen LogP contribution in [0.3, 0.4) is 0 Å². The summed E-state index contributed by atoms with van der Waals surface area (Å²) in [6.07, 6.45) is 2.62. The Hall–Kier alpha value is -1.92. The van der Waals surface area contributed by atoms with Gasteiger partial charge in [0.05, 0.1) is 16.3 Å². The molecule has 2 atom stereocenters. The van der Waals surface area contributed by atoms with Crippen molar-refractivity contribution < 1.29 is 14.3 Å². The van der Waals surface area contributed by atoms with E-state index in [-0.39, 0.29) is 23.0 Å². The molecular weight excluding hydrogens is 399 g/mol. The first-order chi connectivity index (χ1) is 13.4. The molecule has 2 aromatic rings. The first-order valence-electron chi connectivity index (χ1n) is 9.46. The van der Waals surface area contributed by atoms with Crippen LogP contribution >= 0.6 is 24.2 Å². The minimum atomic E-state index is -0.458. The third-order valence-corrected chi connectivity index (χ3v) is 6.31. The van der Waals surface area contributed by atoms with Gasteiger partial charge in [-0.15, -0.1) is 12.6 Å². The summed E-state index contributed by atoms with van der Waals surface area (Å²) < 4.78 is 13.3. The molecule has 2 aliphatic rings. The number of rotatable bonds is 3. The fourth-order valence-electron chi connectivity index (χ4n) is 4.42. The number of phenols is 1. The van der Waals surface area contributed by atoms with Crippen LogP contribution in [0.4, 0.5) is 10.1 Å². The molecule has 2 aromatic carbocycles. The van der Waals surface area contributed by atoms with Crippen LogP contribution in [-0.4, -0.2) is 41.1 Å². The van der Waals surface area contributed by atoms with Crippen molar-refractivity contribution in [2.45, 2.75) is 43.2 Å². The van der Waals surface area contributed by atoms with Crippen molar-refractivity contribution in [1.29, 1.82) is 0 Å². The molecule has 0 radical (unpaired) electrons. The van der Waals surface area contributed by atoms with E-state index in [1.54, 1.807) is 4.90 Å². The normalized spacial score (nSPS) is 21.3. The molecule has 0 aromatic heterocycles. The molecule has 0 spiro atoms. The molecule has 4 rings (SSSR count). The maximum absolute atomic E-state index is 13.3. The lowest BCUT2D eigenvalue weighted by Gasteiger charge is -2.43. The third kappa shape index (κ3) is 3.33. The van der Waals surface area contributed by atoms with E-state index in [0.29, 0.717) is 24.4 Å². The van der Waals surface area contributed by atoms with E-state index in [1.807, 2.05) is 19.1 Å². The molecule has 1 amide bonds. The van der Waals surface area contributed by atoms with Crippen LogP contribution in [0, 0.1) is 5.82 Å². The first-order valence-corrected chi connectivity index (χ1v) is 10.3. The van der Waals surface area contributed by atoms with Crippen molar-refractivity contribution in [2.24, 2.45) is 0 Å². The Morgan fingerprint density at radius 1 is 1.25 bits per heavy atom. The fraction of sp³-hybridized carbons (Fsp3) is 0.381. The number of hydrogen-bond acceptors (Lipinski definition) is 4. The molecule has 2 saturated heterocycles. The van der Waals surface area contributed by atoms with Crippen molar-refractivity contribution in [3.8, 4) is 5.75 Å². The van der Waals surface area contributed by atoms with Crippen LogP contribution < -0.4 is 4.90 Å². The lowest BCUT2D eigenvalue weighted by Crippen LogP contribution is -2.55. The van der Waals surface area contributed by atoms with E-state index in [9.17, 15) is 14.3 Å². The average Bonchev–Trinajstić information content (AvgIpc) is 2.91. The zero-order chi connectivity index (χ0) is 20.0. The van der Waals surface area contributed by atoms with E-state index in [4.69, 9.17) is 11.6 Å². The molecule has 0 aliphatic carbocycles. The zero-order valence-corrected chi connectivity index (χ0v) is 17.2. The SMILES string of the molecule is CCc1cc(S)cc(N2C3CCC2CN(C(=O)c2ccc(F)cc2Cl)C3)c1O. The van der Waals surface area contributed by atoms with Crippen molar-refractivity contribution in [3.63, 3.8) is 0 Å². The lowest BCUT2D eigenvalue weighted by molar-refractivity contribution is 0.0718. The molecule has 1 N–H and O–H groups in total. The zero-order valence-electron chi connectivity index (χ0n) is 15.5. The van der Waals surface area contributed by atoms with Crippen LogP contribution in [0.15, 0.2) is 35.2 Å². The summed E-state index contributed by atoms with van der Waals surface area (Å²) in [5, 5.41) is 10.9. The highest BCUT2D eigenvalue weighted by Crippen LogP contribution is 2.42. The monoisotopic (exact) mass is 420 g/mol. The minimum Gasteiger partial charge on any atom is -0.505 e. The number of nitrogens with zero attached hydrogens (tertiary/aromatic N) is 2. The Bertz CT molecular complexity index is 925. The molecule has 148 valence electrons. The van der Waals surface area contributed by atoms with Crippen LogP contribution in [-0.2, 0) is 6.42 Å². The number of piperazine rings is 1. The Morgan fingerprint density at radius 3 is 2.54 bits per heavy atom. The number of benzene rings is 2. The molecule has 7 heteroatoms. The van der Waals surface area contributed by atoms with Crippen LogP contribution in [0.5, 0.6) is 5.75 Å². The van der Waals surface area contributed by atoms with Gasteiger partial charge in [0.25, 0.3) is 5.91 Å². The van der Waals surface area contributed by atoms with Gasteiger partial charge in [0.15, 0.2) is 0 Å². The largest absolute Gasteiger partial charge is 0.505 e. The summed E-state index contributed by atoms with van der Waals surface area (Å²) in [6, 6.07) is 7.89. The number of fused-ring (bicyclic) bond motifs is 2. The highest BCUT2D eigenvalue weighted by atomic mass is 35.5. The highest BCUT2D eigenvalue weighted by Gasteiger charge is 2.42. The van der Waals surface area contributed by atoms with Crippen LogP contribution in [0.2, 0.25) is 5.02 Å². The van der Waals surface area contributed by atoms with Crippen molar-refractivity contribution in [2.75, 3.05) is 18.0 Å². The van der Waals surface area contributed by atoms with E-state index in [0.717, 1.165) is 35.4 Å². The third-order valence-electron chi connectivity index (χ3n) is 5.74. The Labute approximate surface area is 174 Å². The number of phenolic OH excluding ortho intramolecular Hbond substituents is 1. The van der Waals surface area contributed by atoms with Crippen LogP contribution in [0.25, 0.3) is 0 Å². The number of amides is 1. The molecular formula is C21H22ClFN2O2S. The fourth-order valence-corrected chi connectivity index (χ4v) is 4.95. The molecule has 4 nitrogen and oxygen atoms in total. The second kappa shape index (κ2) is 7.48. The van der Waals surface area contributed by atoms with Crippen LogP contribution in [0.1, 0.15) is 35.7 Å². The number of aryl methyl sites for hydroxylation is 1. The van der Waals surface area contributed by atoms with Gasteiger partial charge >= 0.3 is 0 Å². The molecule has 28 heavy (non-hydrogen) atoms. The van der Waals surface area contributed by atoms with E-state index in [2.05, 4.69) is 17.5 Å². The minimum absolute atomic E-state index is 0.118. The Morgan fingerprint density at radius 2 is 1.93 bits per heavy atom. The average molecular weight is 421 g/mol. The summed E-state index contributed by atoms with van der Waals surface area (Å²) in [7, 11) is 0. The molecule has 2 unspecified atom stereocenters. The van der Waals surface area contributed by atoms with Gasteiger partial charge in [-0.2, -0.15) is 0 Å². The van der Waals surface area contributed by atoms with E-state index < -0.39 is 5.82 Å². The molecule has 2 bridgehead atoms. The van der Waals surface area contributed by atoms with Gasteiger partial charge in [0, 0.05) is 30.1 Å². The Kier molecular flexibility index (Phi) is 5.19. The highest BCUT2D eigenvalue weighted by molar-refractivity contribution is 7.80. The molecule has 2 heterocycles. The van der Waals surface area contributed by atoms with E-state index >= 15 is 0 Å². The van der Waals surface area contributed by atoms with Gasteiger partial charge in [-0.3, -0.25) is 4.79 Å². The smallest absolute Gasteiger partial charge is 0.255 e. The summed E-state index contributed by atoms with van der Waals surface area (Å²) >= 11 is 10.6. The lowest BCUT2D eigenvalue weighted by atomic mass is 10.1. The van der Waals surface area contributed by atoms with Crippen molar-refractivity contribution >= 4 is 35.8 Å². The second-order valence-electron chi connectivity index (χ2n) is 7.45. The topological polar surface area (TPSA) is 43.8 Å². The van der Waals surface area contributed by atoms with Crippen molar-refractivity contribution in [3.05, 3.63) is 52.3 Å². The number of halogens is 2. The van der Waals surface area contributed by atoms with Gasteiger partial charge in [-0.05, 0) is 55.2 Å². The number of carbonyl (C=O) groups excluding carboxylic acids is 1. The number of hydrogen-bond donors (Lipinski definition) is 2. The predicted molar refractivity (Wildman–Crippen MR) is 111 cm³/mol. The molecule has 2 fully saturated rings. The van der Waals surface area contributed by atoms with Crippen molar-refractivity contribution in [1.82, 2.24) is 4.90 Å². The molecule has 0 saturated carbocycles.